The number of halogens is 1. The van der Waals surface area contributed by atoms with Gasteiger partial charge >= 0.3 is 11.2 Å². The minimum atomic E-state index is -0.291. The van der Waals surface area contributed by atoms with Crippen LogP contribution in [0.25, 0.3) is 17.4 Å². The molecule has 0 unspecified atom stereocenters. The number of ether oxygens (including phenoxy) is 1. The van der Waals surface area contributed by atoms with Crippen LogP contribution >= 0.6 is 0 Å². The van der Waals surface area contributed by atoms with E-state index < -0.39 is 0 Å². The molecule has 9 heteroatoms. The molecule has 3 N–H and O–H groups in total. The van der Waals surface area contributed by atoms with E-state index in [1.54, 1.807) is 22.5 Å². The van der Waals surface area contributed by atoms with E-state index in [0.717, 1.165) is 0 Å². The molecule has 0 spiro atoms. The Labute approximate surface area is 121 Å². The Morgan fingerprint density at radius 1 is 1.65 bits per heavy atom. The summed E-state index contributed by atoms with van der Waals surface area (Å²) < 4.78 is 9.69. The van der Waals surface area contributed by atoms with Crippen molar-refractivity contribution in [2.24, 2.45) is 7.05 Å². The first-order chi connectivity index (χ1) is 9.10. The minimum Gasteiger partial charge on any atom is -1.00 e. The molecule has 0 fully saturated rings. The van der Waals surface area contributed by atoms with Gasteiger partial charge in [0.2, 0.25) is 5.52 Å². The summed E-state index contributed by atoms with van der Waals surface area (Å²) in [5.74, 6) is 0.0645. The van der Waals surface area contributed by atoms with E-state index in [9.17, 15) is 4.79 Å². The third-order valence-corrected chi connectivity index (χ3v) is 2.69. The van der Waals surface area contributed by atoms with Gasteiger partial charge < -0.3 is 28.0 Å². The second kappa shape index (κ2) is 6.51. The Balaban J connectivity index is 0.00000200. The molecule has 0 aromatic carbocycles. The molecular formula is C11H16ClN5O3. The zero-order chi connectivity index (χ0) is 14.0. The van der Waals surface area contributed by atoms with Gasteiger partial charge in [-0.25, -0.2) is 9.13 Å². The average Bonchev–Trinajstić information content (AvgIpc) is 2.67. The quantitative estimate of drug-likeness (QED) is 0.430. The lowest BCUT2D eigenvalue weighted by atomic mass is 10.5. The molecule has 2 heterocycles. The van der Waals surface area contributed by atoms with Crippen molar-refractivity contribution in [1.82, 2.24) is 14.1 Å². The standard InChI is InChI=1S/C11H15N5O3.ClH/c1-3-16-10(18)8-9(13-11(16)12)15(6-14(8)2)7-19-5-4-17;/h3,6,17H,1,4-5,7H2,2H3,(H-,12,13,18);1H. The summed E-state index contributed by atoms with van der Waals surface area (Å²) in [6.45, 7) is 3.86. The number of aryl methyl sites for hydroxylation is 1. The summed E-state index contributed by atoms with van der Waals surface area (Å²) in [6.07, 6.45) is 3.01. The van der Waals surface area contributed by atoms with Crippen LogP contribution in [0.5, 0.6) is 0 Å². The molecule has 0 bridgehead atoms. The Morgan fingerprint density at radius 2 is 2.35 bits per heavy atom. The fourth-order valence-corrected chi connectivity index (χ4v) is 1.86. The first kappa shape index (κ1) is 16.2. The molecule has 0 aliphatic heterocycles. The van der Waals surface area contributed by atoms with Gasteiger partial charge in [0, 0.05) is 6.20 Å². The van der Waals surface area contributed by atoms with Gasteiger partial charge in [-0.2, -0.15) is 0 Å². The maximum atomic E-state index is 12.2. The lowest BCUT2D eigenvalue weighted by molar-refractivity contribution is -0.711. The van der Waals surface area contributed by atoms with E-state index in [-0.39, 0.29) is 43.9 Å². The third kappa shape index (κ3) is 2.67. The van der Waals surface area contributed by atoms with Crippen LogP contribution < -0.4 is 28.3 Å². The molecule has 2 rings (SSSR count). The average molecular weight is 302 g/mol. The first-order valence-electron chi connectivity index (χ1n) is 5.67. The van der Waals surface area contributed by atoms with Crippen LogP contribution in [0.3, 0.4) is 0 Å². The molecule has 0 amide bonds. The third-order valence-electron chi connectivity index (χ3n) is 2.69. The number of aliphatic hydroxyl groups is 1. The number of nitrogens with zero attached hydrogens (tertiary/aromatic N) is 4. The van der Waals surface area contributed by atoms with Crippen molar-refractivity contribution in [3.63, 3.8) is 0 Å². The molecule has 0 aliphatic carbocycles. The lowest BCUT2D eigenvalue weighted by Gasteiger charge is -2.00. The van der Waals surface area contributed by atoms with E-state index in [1.807, 2.05) is 0 Å². The van der Waals surface area contributed by atoms with Crippen LogP contribution in [0.4, 0.5) is 5.95 Å². The van der Waals surface area contributed by atoms with Crippen molar-refractivity contribution in [2.45, 2.75) is 6.73 Å². The van der Waals surface area contributed by atoms with E-state index in [1.165, 1.54) is 10.8 Å². The highest BCUT2D eigenvalue weighted by molar-refractivity contribution is 5.68. The number of hydrogen-bond donors (Lipinski definition) is 2. The smallest absolute Gasteiger partial charge is 0.313 e. The number of anilines is 1. The molecule has 0 saturated heterocycles. The number of hydrogen-bond acceptors (Lipinski definition) is 5. The number of imidazole rings is 1. The van der Waals surface area contributed by atoms with Crippen molar-refractivity contribution in [1.29, 1.82) is 0 Å². The van der Waals surface area contributed by atoms with Gasteiger partial charge in [0.1, 0.15) is 0 Å². The van der Waals surface area contributed by atoms with E-state index >= 15 is 0 Å². The largest absolute Gasteiger partial charge is 1.00 e. The van der Waals surface area contributed by atoms with Crippen LogP contribution in [0.2, 0.25) is 0 Å². The van der Waals surface area contributed by atoms with Gasteiger partial charge in [-0.1, -0.05) is 11.6 Å². The number of nitrogen functional groups attached to an aromatic ring is 1. The Bertz CT molecular complexity index is 679. The Hall–Kier alpha value is -1.90. The lowest BCUT2D eigenvalue weighted by Crippen LogP contribution is -3.00. The number of aromatic nitrogens is 4. The van der Waals surface area contributed by atoms with Gasteiger partial charge in [0.25, 0.3) is 5.95 Å². The number of fused-ring (bicyclic) bond motifs is 1. The number of rotatable bonds is 5. The second-order valence-electron chi connectivity index (χ2n) is 3.96. The Kier molecular flexibility index (Phi) is 5.26. The van der Waals surface area contributed by atoms with E-state index in [4.69, 9.17) is 15.6 Å². The molecule has 8 nitrogen and oxygen atoms in total. The minimum absolute atomic E-state index is 0. The molecule has 20 heavy (non-hydrogen) atoms. The van der Waals surface area contributed by atoms with Crippen LogP contribution in [-0.2, 0) is 18.5 Å². The number of nitrogens with two attached hydrogens (primary N) is 1. The predicted molar refractivity (Wildman–Crippen MR) is 69.0 cm³/mol. The monoisotopic (exact) mass is 301 g/mol. The summed E-state index contributed by atoms with van der Waals surface area (Å²) in [6, 6.07) is 0. The highest BCUT2D eigenvalue weighted by atomic mass is 35.5. The van der Waals surface area contributed by atoms with Crippen molar-refractivity contribution in [3.8, 4) is 0 Å². The molecule has 0 saturated carbocycles. The second-order valence-corrected chi connectivity index (χ2v) is 3.96. The van der Waals surface area contributed by atoms with Crippen LogP contribution in [0.1, 0.15) is 0 Å². The van der Waals surface area contributed by atoms with E-state index in [0.29, 0.717) is 11.2 Å². The van der Waals surface area contributed by atoms with Crippen molar-refractivity contribution in [2.75, 3.05) is 18.9 Å². The predicted octanol–water partition coefficient (Wildman–Crippen LogP) is -4.32. The molecule has 0 radical (unpaired) electrons. The maximum absolute atomic E-state index is 12.2. The summed E-state index contributed by atoms with van der Waals surface area (Å²) in [5, 5.41) is 8.68. The summed E-state index contributed by atoms with van der Waals surface area (Å²) in [5.41, 5.74) is 6.25. The van der Waals surface area contributed by atoms with Gasteiger partial charge in [0.15, 0.2) is 13.1 Å². The molecule has 0 aliphatic rings. The molecule has 2 aromatic heterocycles. The van der Waals surface area contributed by atoms with E-state index in [2.05, 4.69) is 11.6 Å². The summed E-state index contributed by atoms with van der Waals surface area (Å²) in [7, 11) is 1.73. The molecule has 0 atom stereocenters. The number of aliphatic hydroxyl groups excluding tert-OH is 1. The maximum Gasteiger partial charge on any atom is 0.313 e. The zero-order valence-electron chi connectivity index (χ0n) is 11.0. The highest BCUT2D eigenvalue weighted by Crippen LogP contribution is 2.05. The van der Waals surface area contributed by atoms with Gasteiger partial charge in [-0.3, -0.25) is 9.36 Å². The van der Waals surface area contributed by atoms with Gasteiger partial charge in [-0.15, -0.1) is 0 Å². The first-order valence-corrected chi connectivity index (χ1v) is 5.67. The van der Waals surface area contributed by atoms with Crippen molar-refractivity contribution < 1.29 is 26.8 Å². The van der Waals surface area contributed by atoms with Gasteiger partial charge in [-0.05, 0) is 0 Å². The van der Waals surface area contributed by atoms with Crippen molar-refractivity contribution >= 4 is 23.3 Å². The van der Waals surface area contributed by atoms with Crippen molar-refractivity contribution in [3.05, 3.63) is 23.3 Å². The molecular weight excluding hydrogens is 286 g/mol. The molecule has 110 valence electrons. The van der Waals surface area contributed by atoms with Crippen LogP contribution in [0.15, 0.2) is 17.7 Å². The zero-order valence-corrected chi connectivity index (χ0v) is 11.7. The Morgan fingerprint density at radius 3 is 2.95 bits per heavy atom. The summed E-state index contributed by atoms with van der Waals surface area (Å²) >= 11 is 0. The molecule has 2 aromatic rings. The van der Waals surface area contributed by atoms with Crippen LogP contribution in [0, 0.1) is 0 Å². The highest BCUT2D eigenvalue weighted by Gasteiger charge is 2.21. The topological polar surface area (TPSA) is 99.2 Å². The SMILES string of the molecule is C=Cn1c(N)nc2c(c1=O)n(C)c[n+]2COCCO.[Cl-]. The normalized spacial score (nSPS) is 10.5. The van der Waals surface area contributed by atoms with Gasteiger partial charge in [0.05, 0.1) is 20.3 Å². The van der Waals surface area contributed by atoms with Crippen LogP contribution in [-0.4, -0.2) is 32.4 Å². The fourth-order valence-electron chi connectivity index (χ4n) is 1.86. The fraction of sp³-hybridized carbons (Fsp3) is 0.364. The summed E-state index contributed by atoms with van der Waals surface area (Å²) in [4.78, 5) is 16.4.